The van der Waals surface area contributed by atoms with Crippen molar-refractivity contribution in [3.8, 4) is 0 Å². The van der Waals surface area contributed by atoms with Crippen LogP contribution in [0.15, 0.2) is 0 Å². The highest BCUT2D eigenvalue weighted by atomic mass is 15.2. The molecule has 0 aromatic heterocycles. The highest BCUT2D eigenvalue weighted by molar-refractivity contribution is 4.87. The largest absolute Gasteiger partial charge is 0.306 e. The van der Waals surface area contributed by atoms with Crippen LogP contribution in [-0.2, 0) is 0 Å². The van der Waals surface area contributed by atoms with E-state index in [-0.39, 0.29) is 0 Å². The Labute approximate surface area is 69.2 Å². The summed E-state index contributed by atoms with van der Waals surface area (Å²) < 4.78 is 0. The van der Waals surface area contributed by atoms with Crippen LogP contribution >= 0.6 is 0 Å². The van der Waals surface area contributed by atoms with Crippen LogP contribution in [0.3, 0.4) is 0 Å². The maximum absolute atomic E-state index is 2.48. The minimum absolute atomic E-state index is 0.971. The van der Waals surface area contributed by atoms with E-state index in [1.807, 2.05) is 0 Å². The Bertz CT molecular complexity index is 146. The van der Waals surface area contributed by atoms with E-state index < -0.39 is 0 Å². The maximum atomic E-state index is 2.48. The molecular formula is C9H18N2. The Morgan fingerprint density at radius 1 is 0.909 bits per heavy atom. The van der Waals surface area contributed by atoms with Gasteiger partial charge in [0.1, 0.15) is 0 Å². The summed E-state index contributed by atoms with van der Waals surface area (Å²) in [5.74, 6) is 1.98. The first-order valence-electron chi connectivity index (χ1n) is 4.63. The lowest BCUT2D eigenvalue weighted by Gasteiger charge is -2.31. The molecule has 2 unspecified atom stereocenters. The van der Waals surface area contributed by atoms with E-state index in [1.165, 1.54) is 32.6 Å². The van der Waals surface area contributed by atoms with Crippen molar-refractivity contribution >= 4 is 0 Å². The van der Waals surface area contributed by atoms with E-state index >= 15 is 0 Å². The molecule has 0 saturated carbocycles. The van der Waals surface area contributed by atoms with Crippen LogP contribution in [0.2, 0.25) is 0 Å². The van der Waals surface area contributed by atoms with Gasteiger partial charge in [-0.05, 0) is 38.9 Å². The van der Waals surface area contributed by atoms with Crippen molar-refractivity contribution in [3.63, 3.8) is 0 Å². The van der Waals surface area contributed by atoms with Gasteiger partial charge < -0.3 is 9.80 Å². The van der Waals surface area contributed by atoms with Gasteiger partial charge in [-0.2, -0.15) is 0 Å². The fourth-order valence-corrected chi connectivity index (χ4v) is 2.58. The molecule has 2 atom stereocenters. The van der Waals surface area contributed by atoms with Crippen molar-refractivity contribution in [1.82, 2.24) is 9.80 Å². The first-order valence-corrected chi connectivity index (χ1v) is 4.63. The summed E-state index contributed by atoms with van der Waals surface area (Å²) in [5, 5.41) is 0. The van der Waals surface area contributed by atoms with Crippen LogP contribution in [-0.4, -0.2) is 50.1 Å². The SMILES string of the molecule is CN1CCC2CN(C)CC2C1. The van der Waals surface area contributed by atoms with Crippen molar-refractivity contribution in [2.24, 2.45) is 11.8 Å². The highest BCUT2D eigenvalue weighted by Gasteiger charge is 2.34. The second-order valence-corrected chi connectivity index (χ2v) is 4.29. The molecule has 2 rings (SSSR count). The molecule has 11 heavy (non-hydrogen) atoms. The number of rotatable bonds is 0. The zero-order chi connectivity index (χ0) is 7.84. The predicted molar refractivity (Wildman–Crippen MR) is 46.6 cm³/mol. The van der Waals surface area contributed by atoms with E-state index in [9.17, 15) is 0 Å². The van der Waals surface area contributed by atoms with E-state index in [2.05, 4.69) is 23.9 Å². The van der Waals surface area contributed by atoms with Crippen LogP contribution in [0.1, 0.15) is 6.42 Å². The van der Waals surface area contributed by atoms with E-state index in [0.29, 0.717) is 0 Å². The third kappa shape index (κ3) is 1.42. The molecule has 2 heteroatoms. The second-order valence-electron chi connectivity index (χ2n) is 4.29. The molecule has 0 amide bonds. The van der Waals surface area contributed by atoms with Gasteiger partial charge in [-0.1, -0.05) is 0 Å². The minimum atomic E-state index is 0.971. The summed E-state index contributed by atoms with van der Waals surface area (Å²) in [6.45, 7) is 5.32. The van der Waals surface area contributed by atoms with Gasteiger partial charge in [0.05, 0.1) is 0 Å². The number of piperidine rings is 1. The summed E-state index contributed by atoms with van der Waals surface area (Å²) in [6, 6.07) is 0. The molecule has 0 radical (unpaired) electrons. The average molecular weight is 154 g/mol. The fraction of sp³-hybridized carbons (Fsp3) is 1.00. The zero-order valence-electron chi connectivity index (χ0n) is 7.58. The molecule has 2 aliphatic heterocycles. The van der Waals surface area contributed by atoms with Crippen LogP contribution in [0.4, 0.5) is 0 Å². The van der Waals surface area contributed by atoms with E-state index in [4.69, 9.17) is 0 Å². The quantitative estimate of drug-likeness (QED) is 0.501. The third-order valence-electron chi connectivity index (χ3n) is 3.19. The molecule has 2 nitrogen and oxygen atoms in total. The van der Waals surface area contributed by atoms with Crippen molar-refractivity contribution in [2.75, 3.05) is 40.3 Å². The normalized spacial score (nSPS) is 40.9. The van der Waals surface area contributed by atoms with Crippen LogP contribution in [0.25, 0.3) is 0 Å². The lowest BCUT2D eigenvalue weighted by Crippen LogP contribution is -2.37. The lowest BCUT2D eigenvalue weighted by molar-refractivity contribution is 0.178. The standard InChI is InChI=1S/C9H18N2/c1-10-4-3-8-5-11(2)7-9(8)6-10/h8-9H,3-7H2,1-2H3. The van der Waals surface area contributed by atoms with Crippen LogP contribution < -0.4 is 0 Å². The second kappa shape index (κ2) is 2.76. The first kappa shape index (κ1) is 7.56. The Morgan fingerprint density at radius 3 is 2.36 bits per heavy atom. The molecule has 2 heterocycles. The summed E-state index contributed by atoms with van der Waals surface area (Å²) in [4.78, 5) is 4.95. The van der Waals surface area contributed by atoms with Gasteiger partial charge in [0.25, 0.3) is 0 Å². The van der Waals surface area contributed by atoms with Crippen molar-refractivity contribution in [1.29, 1.82) is 0 Å². The van der Waals surface area contributed by atoms with Gasteiger partial charge in [-0.15, -0.1) is 0 Å². The van der Waals surface area contributed by atoms with Crippen molar-refractivity contribution in [2.45, 2.75) is 6.42 Å². The van der Waals surface area contributed by atoms with Gasteiger partial charge in [0.15, 0.2) is 0 Å². The smallest absolute Gasteiger partial charge is 0.00221 e. The summed E-state index contributed by atoms with van der Waals surface area (Å²) in [7, 11) is 4.49. The molecule has 0 spiro atoms. The maximum Gasteiger partial charge on any atom is 0.00221 e. The van der Waals surface area contributed by atoms with Crippen LogP contribution in [0.5, 0.6) is 0 Å². The van der Waals surface area contributed by atoms with E-state index in [0.717, 1.165) is 11.8 Å². The molecule has 2 aliphatic rings. The topological polar surface area (TPSA) is 6.48 Å². The fourth-order valence-electron chi connectivity index (χ4n) is 2.58. The third-order valence-corrected chi connectivity index (χ3v) is 3.19. The monoisotopic (exact) mass is 154 g/mol. The molecular weight excluding hydrogens is 136 g/mol. The number of nitrogens with zero attached hydrogens (tertiary/aromatic N) is 2. The Balaban J connectivity index is 1.97. The average Bonchev–Trinajstić information content (AvgIpc) is 2.27. The van der Waals surface area contributed by atoms with Crippen molar-refractivity contribution < 1.29 is 0 Å². The summed E-state index contributed by atoms with van der Waals surface area (Å²) >= 11 is 0. The molecule has 0 N–H and O–H groups in total. The van der Waals surface area contributed by atoms with Gasteiger partial charge in [-0.25, -0.2) is 0 Å². The summed E-state index contributed by atoms with van der Waals surface area (Å²) in [6.07, 6.45) is 1.42. The summed E-state index contributed by atoms with van der Waals surface area (Å²) in [5.41, 5.74) is 0. The van der Waals surface area contributed by atoms with Gasteiger partial charge in [-0.3, -0.25) is 0 Å². The molecule has 0 aromatic carbocycles. The Hall–Kier alpha value is -0.0800. The Kier molecular flexibility index (Phi) is 1.90. The zero-order valence-corrected chi connectivity index (χ0v) is 7.58. The Morgan fingerprint density at radius 2 is 1.55 bits per heavy atom. The number of fused-ring (bicyclic) bond motifs is 1. The van der Waals surface area contributed by atoms with Gasteiger partial charge >= 0.3 is 0 Å². The first-order chi connectivity index (χ1) is 5.25. The lowest BCUT2D eigenvalue weighted by atomic mass is 9.89. The predicted octanol–water partition coefficient (Wildman–Crippen LogP) is 0.500. The number of hydrogen-bond acceptors (Lipinski definition) is 2. The molecule has 0 bridgehead atoms. The van der Waals surface area contributed by atoms with Gasteiger partial charge in [0, 0.05) is 19.6 Å². The molecule has 0 aromatic rings. The molecule has 2 fully saturated rings. The van der Waals surface area contributed by atoms with Crippen molar-refractivity contribution in [3.05, 3.63) is 0 Å². The highest BCUT2D eigenvalue weighted by Crippen LogP contribution is 2.29. The minimum Gasteiger partial charge on any atom is -0.306 e. The van der Waals surface area contributed by atoms with Gasteiger partial charge in [0.2, 0.25) is 0 Å². The molecule has 2 saturated heterocycles. The molecule has 64 valence electrons. The van der Waals surface area contributed by atoms with Crippen LogP contribution in [0, 0.1) is 11.8 Å². The number of hydrogen-bond donors (Lipinski definition) is 0. The number of likely N-dealkylation sites (tertiary alicyclic amines) is 2. The van der Waals surface area contributed by atoms with E-state index in [1.54, 1.807) is 0 Å². The molecule has 0 aliphatic carbocycles.